The van der Waals surface area contributed by atoms with Crippen LogP contribution >= 0.6 is 11.8 Å². The number of nitrogens with one attached hydrogen (secondary N) is 2. The molecule has 2 N–H and O–H groups in total. The molecule has 0 aromatic heterocycles. The van der Waals surface area contributed by atoms with Crippen LogP contribution in [0.5, 0.6) is 0 Å². The molecule has 0 radical (unpaired) electrons. The first-order chi connectivity index (χ1) is 7.68. The minimum Gasteiger partial charge on any atom is -0.355 e. The van der Waals surface area contributed by atoms with E-state index in [2.05, 4.69) is 17.6 Å². The highest BCUT2D eigenvalue weighted by Gasteiger charge is 2.30. The summed E-state index contributed by atoms with van der Waals surface area (Å²) in [5, 5.41) is 6.45. The van der Waals surface area contributed by atoms with Gasteiger partial charge in [-0.2, -0.15) is 11.8 Å². The van der Waals surface area contributed by atoms with Gasteiger partial charge < -0.3 is 10.6 Å². The molecule has 4 heteroatoms. The first-order valence-corrected chi connectivity index (χ1v) is 7.31. The van der Waals surface area contributed by atoms with Gasteiger partial charge in [0.2, 0.25) is 5.91 Å². The van der Waals surface area contributed by atoms with Crippen molar-refractivity contribution in [3.8, 4) is 0 Å². The van der Waals surface area contributed by atoms with Crippen molar-refractivity contribution in [3.63, 3.8) is 0 Å². The molecule has 1 amide bonds. The van der Waals surface area contributed by atoms with Crippen LogP contribution in [-0.4, -0.2) is 35.5 Å². The Morgan fingerprint density at radius 3 is 3.06 bits per heavy atom. The van der Waals surface area contributed by atoms with Gasteiger partial charge in [-0.1, -0.05) is 0 Å². The van der Waals surface area contributed by atoms with Gasteiger partial charge in [-0.3, -0.25) is 4.79 Å². The van der Waals surface area contributed by atoms with Crippen molar-refractivity contribution in [1.29, 1.82) is 0 Å². The van der Waals surface area contributed by atoms with E-state index in [1.807, 2.05) is 11.8 Å². The van der Waals surface area contributed by atoms with E-state index in [0.29, 0.717) is 17.2 Å². The van der Waals surface area contributed by atoms with Crippen molar-refractivity contribution in [1.82, 2.24) is 10.6 Å². The van der Waals surface area contributed by atoms with Crippen molar-refractivity contribution in [2.45, 2.75) is 49.8 Å². The lowest BCUT2D eigenvalue weighted by molar-refractivity contribution is -0.121. The van der Waals surface area contributed by atoms with Gasteiger partial charge in [0.1, 0.15) is 0 Å². The fourth-order valence-electron chi connectivity index (χ4n) is 2.49. The average molecular weight is 242 g/mol. The van der Waals surface area contributed by atoms with Crippen LogP contribution in [0.4, 0.5) is 0 Å². The Morgan fingerprint density at radius 2 is 2.44 bits per heavy atom. The lowest BCUT2D eigenvalue weighted by atomic mass is 10.1. The van der Waals surface area contributed by atoms with Gasteiger partial charge >= 0.3 is 0 Å². The van der Waals surface area contributed by atoms with Crippen LogP contribution in [0, 0.1) is 0 Å². The van der Waals surface area contributed by atoms with Gasteiger partial charge in [0, 0.05) is 23.8 Å². The number of rotatable bonds is 4. The molecule has 2 heterocycles. The van der Waals surface area contributed by atoms with E-state index >= 15 is 0 Å². The standard InChI is InChI=1S/C12H22N2OS/c1-12(5-3-7-16-12)9-14-11(15)8-10-4-2-6-13-10/h10,13H,2-9H2,1H3,(H,14,15). The van der Waals surface area contributed by atoms with Gasteiger partial charge in [-0.25, -0.2) is 0 Å². The molecule has 2 aliphatic rings. The summed E-state index contributed by atoms with van der Waals surface area (Å²) in [4.78, 5) is 11.7. The highest BCUT2D eigenvalue weighted by molar-refractivity contribution is 8.00. The third kappa shape index (κ3) is 3.39. The predicted molar refractivity (Wildman–Crippen MR) is 68.7 cm³/mol. The third-order valence-corrected chi connectivity index (χ3v) is 5.09. The molecule has 0 saturated carbocycles. The molecule has 16 heavy (non-hydrogen) atoms. The maximum absolute atomic E-state index is 11.7. The molecule has 92 valence electrons. The normalized spacial score (nSPS) is 34.2. The molecule has 2 aliphatic heterocycles. The second kappa shape index (κ2) is 5.41. The summed E-state index contributed by atoms with van der Waals surface area (Å²) in [5.41, 5.74) is 0. The van der Waals surface area contributed by atoms with Crippen LogP contribution in [0.25, 0.3) is 0 Å². The highest BCUT2D eigenvalue weighted by atomic mass is 32.2. The van der Waals surface area contributed by atoms with E-state index < -0.39 is 0 Å². The lowest BCUT2D eigenvalue weighted by Crippen LogP contribution is -2.39. The van der Waals surface area contributed by atoms with Crippen molar-refractivity contribution >= 4 is 17.7 Å². The topological polar surface area (TPSA) is 41.1 Å². The van der Waals surface area contributed by atoms with Crippen molar-refractivity contribution in [2.24, 2.45) is 0 Å². The second-order valence-corrected chi connectivity index (χ2v) is 6.86. The average Bonchev–Trinajstić information content (AvgIpc) is 2.88. The first kappa shape index (κ1) is 12.2. The van der Waals surface area contributed by atoms with Gasteiger partial charge in [0.25, 0.3) is 0 Å². The summed E-state index contributed by atoms with van der Waals surface area (Å²) in [6.45, 7) is 4.17. The maximum Gasteiger partial charge on any atom is 0.221 e. The van der Waals surface area contributed by atoms with Crippen LogP contribution in [-0.2, 0) is 4.79 Å². The molecule has 0 spiro atoms. The number of carbonyl (C=O) groups excluding carboxylic acids is 1. The Hall–Kier alpha value is -0.220. The molecule has 2 fully saturated rings. The Balaban J connectivity index is 1.66. The summed E-state index contributed by atoms with van der Waals surface area (Å²) in [6.07, 6.45) is 5.55. The SMILES string of the molecule is CC1(CNC(=O)CC2CCCN2)CCCS1. The minimum absolute atomic E-state index is 0.216. The molecule has 0 aromatic carbocycles. The van der Waals surface area contributed by atoms with E-state index in [4.69, 9.17) is 0 Å². The van der Waals surface area contributed by atoms with Crippen LogP contribution in [0.3, 0.4) is 0 Å². The van der Waals surface area contributed by atoms with Crippen LogP contribution in [0.15, 0.2) is 0 Å². The molecule has 0 aliphatic carbocycles. The monoisotopic (exact) mass is 242 g/mol. The minimum atomic E-state index is 0.216. The fraction of sp³-hybridized carbons (Fsp3) is 0.917. The molecular weight excluding hydrogens is 220 g/mol. The quantitative estimate of drug-likeness (QED) is 0.785. The zero-order chi connectivity index (χ0) is 11.4. The predicted octanol–water partition coefficient (Wildman–Crippen LogP) is 1.53. The lowest BCUT2D eigenvalue weighted by Gasteiger charge is -2.23. The number of hydrogen-bond donors (Lipinski definition) is 2. The number of thioether (sulfide) groups is 1. The summed E-state index contributed by atoms with van der Waals surface area (Å²) < 4.78 is 0.290. The van der Waals surface area contributed by atoms with Gasteiger partial charge in [0.15, 0.2) is 0 Å². The molecular formula is C12H22N2OS. The molecule has 0 aromatic rings. The highest BCUT2D eigenvalue weighted by Crippen LogP contribution is 2.36. The molecule has 3 nitrogen and oxygen atoms in total. The van der Waals surface area contributed by atoms with Gasteiger partial charge in [0.05, 0.1) is 0 Å². The van der Waals surface area contributed by atoms with E-state index in [-0.39, 0.29) is 5.91 Å². The second-order valence-electron chi connectivity index (χ2n) is 5.18. The number of hydrogen-bond acceptors (Lipinski definition) is 3. The van der Waals surface area contributed by atoms with Crippen LogP contribution in [0.2, 0.25) is 0 Å². The fourth-order valence-corrected chi connectivity index (χ4v) is 3.73. The smallest absolute Gasteiger partial charge is 0.221 e. The molecule has 2 saturated heterocycles. The van der Waals surface area contributed by atoms with Gasteiger partial charge in [-0.15, -0.1) is 0 Å². The Morgan fingerprint density at radius 1 is 1.56 bits per heavy atom. The van der Waals surface area contributed by atoms with Crippen LogP contribution < -0.4 is 10.6 Å². The number of amides is 1. The summed E-state index contributed by atoms with van der Waals surface area (Å²) >= 11 is 2.00. The molecule has 2 rings (SSSR count). The summed E-state index contributed by atoms with van der Waals surface area (Å²) in [6, 6.07) is 0.420. The molecule has 2 unspecified atom stereocenters. The maximum atomic E-state index is 11.7. The zero-order valence-corrected chi connectivity index (χ0v) is 10.9. The Kier molecular flexibility index (Phi) is 4.14. The molecule has 0 bridgehead atoms. The third-order valence-electron chi connectivity index (χ3n) is 3.55. The Bertz CT molecular complexity index is 245. The molecule has 2 atom stereocenters. The largest absolute Gasteiger partial charge is 0.355 e. The Labute approximate surface area is 102 Å². The van der Waals surface area contributed by atoms with E-state index in [9.17, 15) is 4.79 Å². The van der Waals surface area contributed by atoms with E-state index in [1.165, 1.54) is 25.0 Å². The van der Waals surface area contributed by atoms with Crippen molar-refractivity contribution in [3.05, 3.63) is 0 Å². The summed E-state index contributed by atoms with van der Waals surface area (Å²) in [5.74, 6) is 1.46. The van der Waals surface area contributed by atoms with Crippen molar-refractivity contribution in [2.75, 3.05) is 18.8 Å². The first-order valence-electron chi connectivity index (χ1n) is 6.32. The zero-order valence-electron chi connectivity index (χ0n) is 10.1. The van der Waals surface area contributed by atoms with E-state index in [0.717, 1.165) is 19.5 Å². The van der Waals surface area contributed by atoms with Crippen molar-refractivity contribution < 1.29 is 4.79 Å². The van der Waals surface area contributed by atoms with E-state index in [1.54, 1.807) is 0 Å². The van der Waals surface area contributed by atoms with Crippen LogP contribution in [0.1, 0.15) is 39.0 Å². The summed E-state index contributed by atoms with van der Waals surface area (Å²) in [7, 11) is 0. The van der Waals surface area contributed by atoms with Gasteiger partial charge in [-0.05, 0) is 44.9 Å². The number of carbonyl (C=O) groups is 1.